The maximum absolute atomic E-state index is 12.0. The Hall–Kier alpha value is -0.630. The zero-order valence-electron chi connectivity index (χ0n) is 9.60. The van der Waals surface area contributed by atoms with E-state index >= 15 is 0 Å². The van der Waals surface area contributed by atoms with Gasteiger partial charge in [-0.1, -0.05) is 15.9 Å². The van der Waals surface area contributed by atoms with Gasteiger partial charge in [0.05, 0.1) is 11.8 Å². The van der Waals surface area contributed by atoms with Gasteiger partial charge in [0.1, 0.15) is 4.90 Å². The molecule has 0 bridgehead atoms. The average Bonchev–Trinajstić information content (AvgIpc) is 2.29. The Kier molecular flexibility index (Phi) is 4.93. The highest BCUT2D eigenvalue weighted by atomic mass is 79.9. The Morgan fingerprint density at radius 2 is 2.18 bits per heavy atom. The second-order valence-electron chi connectivity index (χ2n) is 3.58. The van der Waals surface area contributed by atoms with E-state index < -0.39 is 10.0 Å². The number of methoxy groups -OCH3 is 1. The Morgan fingerprint density at radius 1 is 1.53 bits per heavy atom. The number of ether oxygens (including phenoxy) is 1. The lowest BCUT2D eigenvalue weighted by atomic mass is 10.3. The van der Waals surface area contributed by atoms with Crippen LogP contribution in [0, 0.1) is 0 Å². The Bertz CT molecular complexity index is 490. The topological polar surface area (TPSA) is 81.4 Å². The van der Waals surface area contributed by atoms with Crippen LogP contribution in [0.25, 0.3) is 0 Å². The van der Waals surface area contributed by atoms with Crippen molar-refractivity contribution < 1.29 is 13.2 Å². The van der Waals surface area contributed by atoms with Crippen LogP contribution in [0.15, 0.2) is 27.6 Å². The molecule has 1 rings (SSSR count). The van der Waals surface area contributed by atoms with Crippen molar-refractivity contribution in [3.05, 3.63) is 22.7 Å². The minimum atomic E-state index is -3.60. The number of hydrogen-bond donors (Lipinski definition) is 2. The Balaban J connectivity index is 2.93. The first-order valence-corrected chi connectivity index (χ1v) is 7.22. The van der Waals surface area contributed by atoms with Crippen molar-refractivity contribution in [1.82, 2.24) is 4.72 Å². The van der Waals surface area contributed by atoms with Gasteiger partial charge >= 0.3 is 0 Å². The van der Waals surface area contributed by atoms with E-state index in [0.29, 0.717) is 4.47 Å². The summed E-state index contributed by atoms with van der Waals surface area (Å²) in [5, 5.41) is 0. The van der Waals surface area contributed by atoms with Crippen LogP contribution in [0.3, 0.4) is 0 Å². The van der Waals surface area contributed by atoms with Gasteiger partial charge in [-0.15, -0.1) is 0 Å². The number of halogens is 1. The fraction of sp³-hybridized carbons (Fsp3) is 0.400. The van der Waals surface area contributed by atoms with Crippen LogP contribution in [-0.4, -0.2) is 28.2 Å². The predicted octanol–water partition coefficient (Wildman–Crippen LogP) is 1.34. The van der Waals surface area contributed by atoms with Gasteiger partial charge in [0.25, 0.3) is 0 Å². The molecule has 0 amide bonds. The van der Waals surface area contributed by atoms with Gasteiger partial charge in [0.15, 0.2) is 0 Å². The molecule has 0 saturated carbocycles. The fourth-order valence-electron chi connectivity index (χ4n) is 1.13. The van der Waals surface area contributed by atoms with Gasteiger partial charge in [0.2, 0.25) is 10.0 Å². The quantitative estimate of drug-likeness (QED) is 0.802. The summed E-state index contributed by atoms with van der Waals surface area (Å²) in [6, 6.07) is 4.69. The van der Waals surface area contributed by atoms with Gasteiger partial charge in [-0.05, 0) is 25.1 Å². The number of sulfonamides is 1. The number of benzene rings is 1. The fourth-order valence-corrected chi connectivity index (χ4v) is 2.91. The molecule has 0 aromatic heterocycles. The second-order valence-corrected chi connectivity index (χ2v) is 6.23. The van der Waals surface area contributed by atoms with E-state index in [1.165, 1.54) is 13.2 Å². The molecule has 1 atom stereocenters. The predicted molar refractivity (Wildman–Crippen MR) is 70.2 cm³/mol. The van der Waals surface area contributed by atoms with E-state index in [4.69, 9.17) is 10.5 Å². The van der Waals surface area contributed by atoms with Gasteiger partial charge in [0, 0.05) is 18.1 Å². The maximum atomic E-state index is 12.0. The molecule has 0 aliphatic rings. The largest absolute Gasteiger partial charge is 0.398 e. The number of rotatable bonds is 5. The maximum Gasteiger partial charge on any atom is 0.242 e. The van der Waals surface area contributed by atoms with Crippen molar-refractivity contribution in [2.45, 2.75) is 17.9 Å². The number of nitrogen functional groups attached to an aromatic ring is 1. The monoisotopic (exact) mass is 322 g/mol. The Labute approximate surface area is 110 Å². The summed E-state index contributed by atoms with van der Waals surface area (Å²) in [5.41, 5.74) is 5.86. The van der Waals surface area contributed by atoms with Crippen molar-refractivity contribution in [2.75, 3.05) is 19.4 Å². The minimum absolute atomic E-state index is 0.0650. The summed E-state index contributed by atoms with van der Waals surface area (Å²) in [6.45, 7) is 1.97. The minimum Gasteiger partial charge on any atom is -0.398 e. The highest BCUT2D eigenvalue weighted by Crippen LogP contribution is 2.22. The van der Waals surface area contributed by atoms with Crippen molar-refractivity contribution >= 4 is 31.6 Å². The molecule has 1 aromatic rings. The van der Waals surface area contributed by atoms with Crippen molar-refractivity contribution in [3.63, 3.8) is 0 Å². The molecule has 0 radical (unpaired) electrons. The highest BCUT2D eigenvalue weighted by Gasteiger charge is 2.18. The lowest BCUT2D eigenvalue weighted by molar-refractivity contribution is 0.122. The molecule has 5 nitrogen and oxygen atoms in total. The molecule has 7 heteroatoms. The summed E-state index contributed by atoms with van der Waals surface area (Å²) < 4.78 is 32.0. The van der Waals surface area contributed by atoms with Crippen LogP contribution in [0.2, 0.25) is 0 Å². The average molecular weight is 323 g/mol. The number of anilines is 1. The SMILES string of the molecule is COC(C)CNS(=O)(=O)c1cc(Br)ccc1N. The smallest absolute Gasteiger partial charge is 0.242 e. The van der Waals surface area contributed by atoms with Crippen LogP contribution in [0.1, 0.15) is 6.92 Å². The molecule has 0 saturated heterocycles. The van der Waals surface area contributed by atoms with E-state index in [-0.39, 0.29) is 23.2 Å². The van der Waals surface area contributed by atoms with Crippen molar-refractivity contribution in [2.24, 2.45) is 0 Å². The van der Waals surface area contributed by atoms with Crippen LogP contribution in [0.4, 0.5) is 5.69 Å². The zero-order chi connectivity index (χ0) is 13.1. The lowest BCUT2D eigenvalue weighted by Crippen LogP contribution is -2.32. The summed E-state index contributed by atoms with van der Waals surface area (Å²) in [4.78, 5) is 0.0650. The molecule has 17 heavy (non-hydrogen) atoms. The molecule has 1 aromatic carbocycles. The van der Waals surface area contributed by atoms with E-state index in [1.54, 1.807) is 19.1 Å². The number of nitrogens with two attached hydrogens (primary N) is 1. The lowest BCUT2D eigenvalue weighted by Gasteiger charge is -2.12. The number of hydrogen-bond acceptors (Lipinski definition) is 4. The summed E-state index contributed by atoms with van der Waals surface area (Å²) in [6.07, 6.45) is -0.196. The summed E-state index contributed by atoms with van der Waals surface area (Å²) in [5.74, 6) is 0. The highest BCUT2D eigenvalue weighted by molar-refractivity contribution is 9.10. The molecule has 0 heterocycles. The third-order valence-corrected chi connectivity index (χ3v) is 4.20. The first-order valence-electron chi connectivity index (χ1n) is 4.94. The third-order valence-electron chi connectivity index (χ3n) is 2.23. The molecule has 0 spiro atoms. The van der Waals surface area contributed by atoms with Crippen LogP contribution in [-0.2, 0) is 14.8 Å². The van der Waals surface area contributed by atoms with Crippen LogP contribution in [0.5, 0.6) is 0 Å². The first-order chi connectivity index (χ1) is 7.86. The molecular weight excluding hydrogens is 308 g/mol. The van der Waals surface area contributed by atoms with Crippen molar-refractivity contribution in [1.29, 1.82) is 0 Å². The Morgan fingerprint density at radius 3 is 2.76 bits per heavy atom. The van der Waals surface area contributed by atoms with Crippen LogP contribution >= 0.6 is 15.9 Å². The van der Waals surface area contributed by atoms with E-state index in [1.807, 2.05) is 0 Å². The van der Waals surface area contributed by atoms with Gasteiger partial charge in [-0.25, -0.2) is 13.1 Å². The molecule has 1 unspecified atom stereocenters. The standard InChI is InChI=1S/C10H15BrN2O3S/c1-7(16-2)6-13-17(14,15)10-5-8(11)3-4-9(10)12/h3-5,7,13H,6,12H2,1-2H3. The van der Waals surface area contributed by atoms with Gasteiger partial charge in [-0.3, -0.25) is 0 Å². The molecule has 96 valence electrons. The molecule has 0 fully saturated rings. The van der Waals surface area contributed by atoms with E-state index in [2.05, 4.69) is 20.7 Å². The zero-order valence-corrected chi connectivity index (χ0v) is 12.0. The number of nitrogens with one attached hydrogen (secondary N) is 1. The normalized spacial score (nSPS) is 13.6. The summed E-state index contributed by atoms with van der Waals surface area (Å²) in [7, 11) is -2.08. The van der Waals surface area contributed by atoms with E-state index in [9.17, 15) is 8.42 Å². The molecule has 0 aliphatic carbocycles. The second kappa shape index (κ2) is 5.81. The molecule has 3 N–H and O–H groups in total. The summed E-state index contributed by atoms with van der Waals surface area (Å²) >= 11 is 3.21. The molecular formula is C10H15BrN2O3S. The first kappa shape index (κ1) is 14.4. The molecule has 0 aliphatic heterocycles. The van der Waals surface area contributed by atoms with Crippen molar-refractivity contribution in [3.8, 4) is 0 Å². The van der Waals surface area contributed by atoms with E-state index in [0.717, 1.165) is 0 Å². The van der Waals surface area contributed by atoms with Crippen LogP contribution < -0.4 is 10.5 Å². The third kappa shape index (κ3) is 3.95. The van der Waals surface area contributed by atoms with Gasteiger partial charge in [-0.2, -0.15) is 0 Å². The van der Waals surface area contributed by atoms with Gasteiger partial charge < -0.3 is 10.5 Å².